The van der Waals surface area contributed by atoms with Crippen LogP contribution in [0.4, 0.5) is 33.7 Å². The molecule has 1 aliphatic heterocycles. The summed E-state index contributed by atoms with van der Waals surface area (Å²) >= 11 is 6.29. The Hall–Kier alpha value is -3.26. The normalized spacial score (nSPS) is 15.9. The van der Waals surface area contributed by atoms with E-state index < -0.39 is 45.7 Å². The zero-order chi connectivity index (χ0) is 27.8. The minimum absolute atomic E-state index is 0.0839. The molecular weight excluding hydrogens is 546 g/mol. The van der Waals surface area contributed by atoms with Gasteiger partial charge in [0.05, 0.1) is 28.7 Å². The monoisotopic (exact) mass is 567 g/mol. The minimum Gasteiger partial charge on any atom is -0.483 e. The Kier molecular flexibility index (Phi) is 7.84. The van der Waals surface area contributed by atoms with Gasteiger partial charge < -0.3 is 14.8 Å². The molecule has 0 saturated carbocycles. The van der Waals surface area contributed by atoms with E-state index in [1.807, 2.05) is 0 Å². The van der Waals surface area contributed by atoms with Crippen LogP contribution in [0.3, 0.4) is 0 Å². The second kappa shape index (κ2) is 10.2. The molecule has 3 rings (SSSR count). The van der Waals surface area contributed by atoms with E-state index in [1.54, 1.807) is 0 Å². The summed E-state index contributed by atoms with van der Waals surface area (Å²) in [7, 11) is -4.35. The molecule has 0 aromatic heterocycles. The Morgan fingerprint density at radius 1 is 1.19 bits per heavy atom. The molecule has 0 aliphatic carbocycles. The van der Waals surface area contributed by atoms with E-state index >= 15 is 0 Å². The quantitative estimate of drug-likeness (QED) is 0.498. The van der Waals surface area contributed by atoms with Crippen molar-refractivity contribution in [2.24, 2.45) is 0 Å². The second-order valence-corrected chi connectivity index (χ2v) is 10.8. The van der Waals surface area contributed by atoms with Crippen molar-refractivity contribution in [1.29, 1.82) is 0 Å². The molecule has 1 unspecified atom stereocenters. The molecule has 0 spiro atoms. The van der Waals surface area contributed by atoms with E-state index in [2.05, 4.69) is 15.4 Å². The molecule has 0 radical (unpaired) electrons. The van der Waals surface area contributed by atoms with Crippen LogP contribution < -0.4 is 19.7 Å². The molecule has 0 saturated heterocycles. The number of sulfonamides is 1. The van der Waals surface area contributed by atoms with E-state index in [0.29, 0.717) is 13.8 Å². The van der Waals surface area contributed by atoms with Crippen molar-refractivity contribution in [2.45, 2.75) is 43.5 Å². The topological polar surface area (TPSA) is 114 Å². The summed E-state index contributed by atoms with van der Waals surface area (Å²) in [6, 6.07) is 6.25. The predicted octanol–water partition coefficient (Wildman–Crippen LogP) is 4.46. The van der Waals surface area contributed by atoms with Crippen LogP contribution in [0.25, 0.3) is 0 Å². The number of benzene rings is 2. The van der Waals surface area contributed by atoms with E-state index in [-0.39, 0.29) is 40.1 Å². The number of fused-ring (bicyclic) bond motifs is 1. The lowest BCUT2D eigenvalue weighted by molar-refractivity contribution is -0.242. The Morgan fingerprint density at radius 3 is 2.38 bits per heavy atom. The maximum atomic E-state index is 13.5. The molecular formula is C22H22ClF4N3O6S. The zero-order valence-electron chi connectivity index (χ0n) is 19.7. The number of nitrogens with zero attached hydrogens (tertiary/aromatic N) is 1. The number of amides is 2. The lowest BCUT2D eigenvalue weighted by Crippen LogP contribution is -2.48. The molecule has 9 nitrogen and oxygen atoms in total. The molecule has 1 heterocycles. The number of ether oxygens (including phenoxy) is 2. The summed E-state index contributed by atoms with van der Waals surface area (Å²) in [5, 5.41) is 4.43. The average molecular weight is 568 g/mol. The van der Waals surface area contributed by atoms with E-state index in [4.69, 9.17) is 16.3 Å². The molecule has 202 valence electrons. The van der Waals surface area contributed by atoms with Gasteiger partial charge in [-0.2, -0.15) is 13.2 Å². The van der Waals surface area contributed by atoms with Gasteiger partial charge in [0, 0.05) is 12.6 Å². The van der Waals surface area contributed by atoms with Crippen LogP contribution in [0, 0.1) is 5.82 Å². The minimum atomic E-state index is -4.85. The average Bonchev–Trinajstić information content (AvgIpc) is 2.76. The number of nitrogens with one attached hydrogen (secondary N) is 2. The maximum absolute atomic E-state index is 13.5. The highest BCUT2D eigenvalue weighted by Gasteiger charge is 2.51. The van der Waals surface area contributed by atoms with Gasteiger partial charge in [-0.25, -0.2) is 17.6 Å². The molecule has 1 aliphatic rings. The lowest BCUT2D eigenvalue weighted by Gasteiger charge is -2.36. The van der Waals surface area contributed by atoms with Gasteiger partial charge in [-0.3, -0.25) is 14.4 Å². The number of carbonyl (C=O) groups excluding carboxylic acids is 2. The van der Waals surface area contributed by atoms with Crippen molar-refractivity contribution >= 4 is 45.0 Å². The Bertz CT molecular complexity index is 1300. The standard InChI is InChI=1S/C22H22ClF4N3O6S/c1-12(31)28-10-15-11-30(37(33,34)16-6-4-13(24)5-7-16)18-9-14(8-17(23)19(18)35-15)29-20(32)36-21(2,3)22(25,26)27/h4-9,15H,10-11H2,1-3H3,(H,28,31)(H,29,32). The first-order chi connectivity index (χ1) is 17.0. The fourth-order valence-corrected chi connectivity index (χ4v) is 4.95. The van der Waals surface area contributed by atoms with E-state index in [9.17, 15) is 35.6 Å². The van der Waals surface area contributed by atoms with Crippen LogP contribution in [0.2, 0.25) is 5.02 Å². The summed E-state index contributed by atoms with van der Waals surface area (Å²) in [5.41, 5.74) is -3.15. The Labute approximate surface area is 214 Å². The van der Waals surface area contributed by atoms with Crippen molar-refractivity contribution in [3.05, 3.63) is 47.2 Å². The van der Waals surface area contributed by atoms with Gasteiger partial charge in [0.25, 0.3) is 10.0 Å². The van der Waals surface area contributed by atoms with Crippen molar-refractivity contribution in [1.82, 2.24) is 5.32 Å². The summed E-state index contributed by atoms with van der Waals surface area (Å²) in [6.45, 7) is 2.17. The van der Waals surface area contributed by atoms with Gasteiger partial charge in [0.2, 0.25) is 11.5 Å². The lowest BCUT2D eigenvalue weighted by atomic mass is 10.1. The molecule has 0 fully saturated rings. The van der Waals surface area contributed by atoms with Crippen LogP contribution in [-0.4, -0.2) is 51.4 Å². The smallest absolute Gasteiger partial charge is 0.427 e. The van der Waals surface area contributed by atoms with Gasteiger partial charge in [-0.05, 0) is 50.2 Å². The second-order valence-electron chi connectivity index (χ2n) is 8.50. The van der Waals surface area contributed by atoms with Gasteiger partial charge in [0.1, 0.15) is 11.9 Å². The predicted molar refractivity (Wildman–Crippen MR) is 126 cm³/mol. The molecule has 2 amide bonds. The highest BCUT2D eigenvalue weighted by atomic mass is 35.5. The first kappa shape index (κ1) is 28.3. The Balaban J connectivity index is 2.01. The fourth-order valence-electron chi connectivity index (χ4n) is 3.20. The number of alkyl halides is 3. The summed E-state index contributed by atoms with van der Waals surface area (Å²) < 4.78 is 90.7. The third-order valence-electron chi connectivity index (χ3n) is 5.20. The fraction of sp³-hybridized carbons (Fsp3) is 0.364. The molecule has 0 bridgehead atoms. The van der Waals surface area contributed by atoms with Gasteiger partial charge >= 0.3 is 12.3 Å². The zero-order valence-corrected chi connectivity index (χ0v) is 21.2. The first-order valence-electron chi connectivity index (χ1n) is 10.6. The molecule has 15 heteroatoms. The molecule has 2 N–H and O–H groups in total. The van der Waals surface area contributed by atoms with Crippen LogP contribution in [0.1, 0.15) is 20.8 Å². The summed E-state index contributed by atoms with van der Waals surface area (Å²) in [5.74, 6) is -1.18. The van der Waals surface area contributed by atoms with Crippen LogP contribution in [0.5, 0.6) is 5.75 Å². The number of halogens is 5. The number of anilines is 2. The SMILES string of the molecule is CC(=O)NCC1CN(S(=O)(=O)c2ccc(F)cc2)c2cc(NC(=O)OC(C)(C)C(F)(F)F)cc(Cl)c2O1. The third-order valence-corrected chi connectivity index (χ3v) is 7.28. The van der Waals surface area contributed by atoms with Crippen molar-refractivity contribution in [3.8, 4) is 5.75 Å². The largest absolute Gasteiger partial charge is 0.483 e. The number of hydrogen-bond acceptors (Lipinski definition) is 6. The van der Waals surface area contributed by atoms with Crippen molar-refractivity contribution in [3.63, 3.8) is 0 Å². The van der Waals surface area contributed by atoms with Gasteiger partial charge in [-0.15, -0.1) is 0 Å². The molecule has 1 atom stereocenters. The van der Waals surface area contributed by atoms with Crippen LogP contribution in [-0.2, 0) is 19.6 Å². The number of carbonyl (C=O) groups is 2. The highest BCUT2D eigenvalue weighted by molar-refractivity contribution is 7.92. The maximum Gasteiger partial charge on any atom is 0.427 e. The highest BCUT2D eigenvalue weighted by Crippen LogP contribution is 2.44. The number of rotatable bonds is 6. The molecule has 37 heavy (non-hydrogen) atoms. The van der Waals surface area contributed by atoms with Crippen molar-refractivity contribution in [2.75, 3.05) is 22.7 Å². The first-order valence-corrected chi connectivity index (χ1v) is 12.4. The summed E-state index contributed by atoms with van der Waals surface area (Å²) in [6.07, 6.45) is -7.21. The third kappa shape index (κ3) is 6.36. The summed E-state index contributed by atoms with van der Waals surface area (Å²) in [4.78, 5) is 23.3. The molecule has 2 aromatic rings. The Morgan fingerprint density at radius 2 is 1.81 bits per heavy atom. The van der Waals surface area contributed by atoms with Crippen LogP contribution >= 0.6 is 11.6 Å². The number of hydrogen-bond donors (Lipinski definition) is 2. The van der Waals surface area contributed by atoms with E-state index in [1.165, 1.54) is 6.92 Å². The van der Waals surface area contributed by atoms with Gasteiger partial charge in [0.15, 0.2) is 5.75 Å². The van der Waals surface area contributed by atoms with Crippen LogP contribution in [0.15, 0.2) is 41.3 Å². The van der Waals surface area contributed by atoms with E-state index in [0.717, 1.165) is 40.7 Å². The molecule has 2 aromatic carbocycles. The van der Waals surface area contributed by atoms with Gasteiger partial charge in [-0.1, -0.05) is 11.6 Å². The van der Waals surface area contributed by atoms with Crippen molar-refractivity contribution < 1.29 is 45.0 Å².